The maximum absolute atomic E-state index is 12.9. The van der Waals surface area contributed by atoms with Crippen molar-refractivity contribution in [1.82, 2.24) is 9.55 Å². The first-order valence-electron chi connectivity index (χ1n) is 11.8. The summed E-state index contributed by atoms with van der Waals surface area (Å²) >= 11 is 0. The Kier molecular flexibility index (Phi) is 8.49. The topological polar surface area (TPSA) is 94.5 Å². The number of rotatable bonds is 10. The van der Waals surface area contributed by atoms with E-state index in [0.717, 1.165) is 18.5 Å². The molecule has 1 aliphatic heterocycles. The van der Waals surface area contributed by atoms with E-state index in [1.165, 1.54) is 7.11 Å². The molecule has 0 spiro atoms. The molecular formula is C25H36N4O4. The molecule has 2 aromatic heterocycles. The number of anilines is 2. The number of carbonyl (C=O) groups excluding carboxylic acids is 2. The van der Waals surface area contributed by atoms with Crippen molar-refractivity contribution < 1.29 is 19.1 Å². The molecule has 8 heteroatoms. The predicted octanol–water partition coefficient (Wildman–Crippen LogP) is 4.61. The molecule has 0 bridgehead atoms. The lowest BCUT2D eigenvalue weighted by Crippen LogP contribution is -2.23. The highest BCUT2D eigenvalue weighted by Gasteiger charge is 2.29. The summed E-state index contributed by atoms with van der Waals surface area (Å²) in [6, 6.07) is 1.93. The van der Waals surface area contributed by atoms with Gasteiger partial charge in [-0.15, -0.1) is 0 Å². The van der Waals surface area contributed by atoms with E-state index in [2.05, 4.69) is 41.6 Å². The molecule has 1 fully saturated rings. The van der Waals surface area contributed by atoms with E-state index >= 15 is 0 Å². The van der Waals surface area contributed by atoms with Crippen LogP contribution in [0.15, 0.2) is 24.4 Å². The van der Waals surface area contributed by atoms with Crippen LogP contribution in [-0.2, 0) is 20.8 Å². The van der Waals surface area contributed by atoms with E-state index in [-0.39, 0.29) is 17.9 Å². The molecular weight excluding hydrogens is 420 g/mol. The van der Waals surface area contributed by atoms with Gasteiger partial charge in [0.2, 0.25) is 5.91 Å². The Bertz CT molecular complexity index is 1010. The van der Waals surface area contributed by atoms with Gasteiger partial charge in [-0.1, -0.05) is 39.8 Å². The summed E-state index contributed by atoms with van der Waals surface area (Å²) in [6.07, 6.45) is 8.53. The molecule has 2 N–H and O–H groups in total. The maximum atomic E-state index is 12.9. The molecule has 2 atom stereocenters. The third-order valence-corrected chi connectivity index (χ3v) is 5.94. The number of pyridine rings is 1. The van der Waals surface area contributed by atoms with Gasteiger partial charge in [-0.3, -0.25) is 4.79 Å². The number of allylic oxidation sites excluding steroid dienone is 1. The van der Waals surface area contributed by atoms with E-state index < -0.39 is 5.97 Å². The van der Waals surface area contributed by atoms with Crippen LogP contribution in [0.4, 0.5) is 11.4 Å². The molecule has 2 aromatic rings. The standard InChI is InChI=1S/C25H36N4O4/c1-6-17(4)24(30)28-21-20-13-18(26-11-7-9-16(2)3)14-27-23(20)29(22(21)25(31)32-5)15-19-10-8-12-33-19/h7,9,13-14,16-17,19,26H,6,8,10-12,15H2,1-5H3,(H,28,30). The molecule has 3 rings (SSSR count). The zero-order valence-electron chi connectivity index (χ0n) is 20.3. The van der Waals surface area contributed by atoms with Gasteiger partial charge in [0.1, 0.15) is 5.65 Å². The second-order valence-electron chi connectivity index (χ2n) is 8.91. The predicted molar refractivity (Wildman–Crippen MR) is 131 cm³/mol. The van der Waals surface area contributed by atoms with Crippen molar-refractivity contribution in [2.24, 2.45) is 11.8 Å². The first-order valence-corrected chi connectivity index (χ1v) is 11.8. The molecule has 0 saturated carbocycles. The number of nitrogens with one attached hydrogen (secondary N) is 2. The van der Waals surface area contributed by atoms with Crippen LogP contribution in [0.25, 0.3) is 11.0 Å². The lowest BCUT2D eigenvalue weighted by Gasteiger charge is -2.15. The minimum absolute atomic E-state index is 0.0112. The monoisotopic (exact) mass is 456 g/mol. The first kappa shape index (κ1) is 24.8. The van der Waals surface area contributed by atoms with Crippen LogP contribution in [0.1, 0.15) is 57.4 Å². The first-order chi connectivity index (χ1) is 15.8. The fraction of sp³-hybridized carbons (Fsp3) is 0.560. The van der Waals surface area contributed by atoms with Crippen LogP contribution in [0.3, 0.4) is 0 Å². The van der Waals surface area contributed by atoms with E-state index in [0.29, 0.717) is 54.4 Å². The molecule has 33 heavy (non-hydrogen) atoms. The lowest BCUT2D eigenvalue weighted by molar-refractivity contribution is -0.119. The van der Waals surface area contributed by atoms with Crippen molar-refractivity contribution in [2.45, 2.75) is 59.6 Å². The number of nitrogens with zero attached hydrogens (tertiary/aromatic N) is 2. The highest BCUT2D eigenvalue weighted by molar-refractivity contribution is 6.11. The van der Waals surface area contributed by atoms with Gasteiger partial charge in [0.15, 0.2) is 5.69 Å². The van der Waals surface area contributed by atoms with Crippen LogP contribution in [0, 0.1) is 11.8 Å². The van der Waals surface area contributed by atoms with Crippen LogP contribution in [0.2, 0.25) is 0 Å². The summed E-state index contributed by atoms with van der Waals surface area (Å²) in [4.78, 5) is 30.4. The van der Waals surface area contributed by atoms with Crippen molar-refractivity contribution >= 4 is 34.3 Å². The van der Waals surface area contributed by atoms with Crippen molar-refractivity contribution in [3.63, 3.8) is 0 Å². The number of esters is 1. The van der Waals surface area contributed by atoms with Crippen molar-refractivity contribution in [3.05, 3.63) is 30.1 Å². The summed E-state index contributed by atoms with van der Waals surface area (Å²) in [5.41, 5.74) is 2.16. The van der Waals surface area contributed by atoms with Crippen molar-refractivity contribution in [3.8, 4) is 0 Å². The number of hydrogen-bond donors (Lipinski definition) is 2. The number of hydrogen-bond acceptors (Lipinski definition) is 6. The molecule has 0 aromatic carbocycles. The van der Waals surface area contributed by atoms with Gasteiger partial charge in [-0.2, -0.15) is 0 Å². The number of aromatic nitrogens is 2. The van der Waals surface area contributed by atoms with Gasteiger partial charge >= 0.3 is 5.97 Å². The Morgan fingerprint density at radius 2 is 2.15 bits per heavy atom. The van der Waals surface area contributed by atoms with Crippen molar-refractivity contribution in [1.29, 1.82) is 0 Å². The molecule has 0 radical (unpaired) electrons. The highest BCUT2D eigenvalue weighted by atomic mass is 16.5. The minimum Gasteiger partial charge on any atom is -0.464 e. The molecule has 1 saturated heterocycles. The number of amides is 1. The van der Waals surface area contributed by atoms with E-state index in [9.17, 15) is 9.59 Å². The molecule has 3 heterocycles. The average Bonchev–Trinajstić information content (AvgIpc) is 3.42. The second-order valence-corrected chi connectivity index (χ2v) is 8.91. The van der Waals surface area contributed by atoms with E-state index in [4.69, 9.17) is 9.47 Å². The van der Waals surface area contributed by atoms with Crippen LogP contribution in [0.5, 0.6) is 0 Å². The molecule has 1 amide bonds. The summed E-state index contributed by atoms with van der Waals surface area (Å²) < 4.78 is 12.8. The average molecular weight is 457 g/mol. The minimum atomic E-state index is -0.514. The maximum Gasteiger partial charge on any atom is 0.356 e. The van der Waals surface area contributed by atoms with Gasteiger partial charge < -0.3 is 24.7 Å². The van der Waals surface area contributed by atoms with Gasteiger partial charge in [0.05, 0.1) is 37.3 Å². The van der Waals surface area contributed by atoms with E-state index in [1.807, 2.05) is 24.5 Å². The zero-order chi connectivity index (χ0) is 24.0. The lowest BCUT2D eigenvalue weighted by atomic mass is 10.1. The SMILES string of the molecule is CCC(C)C(=O)Nc1c(C(=O)OC)n(CC2CCCO2)c2ncc(NCC=CC(C)C)cc12. The van der Waals surface area contributed by atoms with Crippen LogP contribution in [-0.4, -0.2) is 47.8 Å². The summed E-state index contributed by atoms with van der Waals surface area (Å²) in [5, 5.41) is 7.03. The summed E-state index contributed by atoms with van der Waals surface area (Å²) in [7, 11) is 1.35. The Morgan fingerprint density at radius 1 is 1.36 bits per heavy atom. The van der Waals surface area contributed by atoms with Crippen molar-refractivity contribution in [2.75, 3.05) is 30.9 Å². The largest absolute Gasteiger partial charge is 0.464 e. The number of carbonyl (C=O) groups is 2. The Hall–Kier alpha value is -2.87. The van der Waals surface area contributed by atoms with Crippen LogP contribution >= 0.6 is 0 Å². The quantitative estimate of drug-likeness (QED) is 0.400. The van der Waals surface area contributed by atoms with Gasteiger partial charge in [-0.25, -0.2) is 9.78 Å². The second kappa shape index (κ2) is 11.3. The van der Waals surface area contributed by atoms with Crippen LogP contribution < -0.4 is 10.6 Å². The van der Waals surface area contributed by atoms with Gasteiger partial charge in [0.25, 0.3) is 0 Å². The Balaban J connectivity index is 2.07. The Morgan fingerprint density at radius 3 is 2.79 bits per heavy atom. The third kappa shape index (κ3) is 5.93. The summed E-state index contributed by atoms with van der Waals surface area (Å²) in [5.74, 6) is -0.372. The molecule has 8 nitrogen and oxygen atoms in total. The van der Waals surface area contributed by atoms with Gasteiger partial charge in [-0.05, 0) is 31.2 Å². The molecule has 180 valence electrons. The third-order valence-electron chi connectivity index (χ3n) is 5.94. The normalized spacial score (nSPS) is 17.1. The number of methoxy groups -OCH3 is 1. The molecule has 1 aliphatic rings. The molecule has 0 aliphatic carbocycles. The smallest absolute Gasteiger partial charge is 0.356 e. The highest BCUT2D eigenvalue weighted by Crippen LogP contribution is 2.34. The molecule has 2 unspecified atom stereocenters. The van der Waals surface area contributed by atoms with Gasteiger partial charge in [0, 0.05) is 24.5 Å². The fourth-order valence-corrected chi connectivity index (χ4v) is 3.88. The summed E-state index contributed by atoms with van der Waals surface area (Å²) in [6.45, 7) is 9.91. The fourth-order valence-electron chi connectivity index (χ4n) is 3.88. The number of fused-ring (bicyclic) bond motifs is 1. The van der Waals surface area contributed by atoms with E-state index in [1.54, 1.807) is 6.20 Å². The Labute approximate surface area is 195 Å². The number of ether oxygens (including phenoxy) is 2. The zero-order valence-corrected chi connectivity index (χ0v) is 20.3.